The minimum Gasteiger partial charge on any atom is -0.336 e. The van der Waals surface area contributed by atoms with Crippen LogP contribution in [0.2, 0.25) is 0 Å². The number of hydrogen-bond donors (Lipinski definition) is 0. The number of halogens is 2. The van der Waals surface area contributed by atoms with Crippen LogP contribution in [0.25, 0.3) is 0 Å². The Bertz CT molecular complexity index is 459. The van der Waals surface area contributed by atoms with Crippen molar-refractivity contribution in [3.05, 3.63) is 35.1 Å². The molecule has 0 spiro atoms. The fourth-order valence-corrected chi connectivity index (χ4v) is 2.44. The summed E-state index contributed by atoms with van der Waals surface area (Å²) in [5.74, 6) is 0.282. The summed E-state index contributed by atoms with van der Waals surface area (Å²) in [5, 5.41) is 0. The normalized spacial score (nSPS) is 15.1. The van der Waals surface area contributed by atoms with Gasteiger partial charge in [0.05, 0.1) is 0 Å². The second-order valence-electron chi connectivity index (χ2n) is 5.09. The zero-order valence-electron chi connectivity index (χ0n) is 11.2. The molecular formula is C15H19ClFNO. The standard InChI is InChI=1S/C15H19ClFNO/c1-11-10-12(6-7-14(11)17)15(19)18(9-3-8-16)13-4-2-5-13/h6-7,10,13H,2-5,8-9H2,1H3. The van der Waals surface area contributed by atoms with E-state index in [2.05, 4.69) is 0 Å². The molecule has 1 aliphatic rings. The number of benzene rings is 1. The van der Waals surface area contributed by atoms with Gasteiger partial charge in [0.2, 0.25) is 0 Å². The summed E-state index contributed by atoms with van der Waals surface area (Å²) >= 11 is 5.72. The van der Waals surface area contributed by atoms with E-state index >= 15 is 0 Å². The predicted molar refractivity (Wildman–Crippen MR) is 75.1 cm³/mol. The van der Waals surface area contributed by atoms with Crippen LogP contribution in [0.1, 0.15) is 41.6 Å². The summed E-state index contributed by atoms with van der Waals surface area (Å²) in [5.41, 5.74) is 1.08. The van der Waals surface area contributed by atoms with E-state index in [9.17, 15) is 9.18 Å². The van der Waals surface area contributed by atoms with Gasteiger partial charge in [-0.25, -0.2) is 4.39 Å². The van der Waals surface area contributed by atoms with Gasteiger partial charge in [-0.05, 0) is 56.4 Å². The molecule has 1 aromatic rings. The van der Waals surface area contributed by atoms with Crippen LogP contribution in [-0.2, 0) is 0 Å². The second kappa shape index (κ2) is 6.38. The van der Waals surface area contributed by atoms with E-state index in [4.69, 9.17) is 11.6 Å². The summed E-state index contributed by atoms with van der Waals surface area (Å²) in [6.07, 6.45) is 4.10. The van der Waals surface area contributed by atoms with Gasteiger partial charge >= 0.3 is 0 Å². The van der Waals surface area contributed by atoms with Crippen LogP contribution in [0.15, 0.2) is 18.2 Å². The number of rotatable bonds is 5. The molecule has 104 valence electrons. The first-order chi connectivity index (χ1) is 9.13. The molecule has 0 N–H and O–H groups in total. The molecule has 0 aliphatic heterocycles. The fourth-order valence-electron chi connectivity index (χ4n) is 2.32. The molecule has 0 atom stereocenters. The van der Waals surface area contributed by atoms with E-state index in [-0.39, 0.29) is 11.7 Å². The van der Waals surface area contributed by atoms with Crippen LogP contribution in [-0.4, -0.2) is 29.3 Å². The van der Waals surface area contributed by atoms with Crippen molar-refractivity contribution in [1.82, 2.24) is 4.90 Å². The van der Waals surface area contributed by atoms with Crippen molar-refractivity contribution in [3.63, 3.8) is 0 Å². The maximum atomic E-state index is 13.3. The number of hydrogen-bond acceptors (Lipinski definition) is 1. The Morgan fingerprint density at radius 1 is 1.47 bits per heavy atom. The summed E-state index contributed by atoms with van der Waals surface area (Å²) < 4.78 is 13.3. The first-order valence-electron chi connectivity index (χ1n) is 6.76. The summed E-state index contributed by atoms with van der Waals surface area (Å²) in [4.78, 5) is 14.4. The highest BCUT2D eigenvalue weighted by Gasteiger charge is 2.29. The van der Waals surface area contributed by atoms with Gasteiger partial charge in [0, 0.05) is 24.0 Å². The molecule has 0 unspecified atom stereocenters. The monoisotopic (exact) mass is 283 g/mol. The van der Waals surface area contributed by atoms with Crippen LogP contribution in [0.5, 0.6) is 0 Å². The Morgan fingerprint density at radius 3 is 2.74 bits per heavy atom. The Labute approximate surface area is 118 Å². The molecule has 1 aromatic carbocycles. The molecule has 19 heavy (non-hydrogen) atoms. The van der Waals surface area contributed by atoms with Gasteiger partial charge in [-0.1, -0.05) is 0 Å². The van der Waals surface area contributed by atoms with E-state index < -0.39 is 0 Å². The molecule has 2 nitrogen and oxygen atoms in total. The van der Waals surface area contributed by atoms with Crippen LogP contribution in [0, 0.1) is 12.7 Å². The third kappa shape index (κ3) is 3.27. The molecule has 1 aliphatic carbocycles. The van der Waals surface area contributed by atoms with Gasteiger partial charge in [-0.15, -0.1) is 11.6 Å². The number of carbonyl (C=O) groups excluding carboxylic acids is 1. The molecule has 0 aromatic heterocycles. The fraction of sp³-hybridized carbons (Fsp3) is 0.533. The van der Waals surface area contributed by atoms with Crippen LogP contribution in [0.4, 0.5) is 4.39 Å². The quantitative estimate of drug-likeness (QED) is 0.754. The average Bonchev–Trinajstić information content (AvgIpc) is 2.34. The molecule has 1 saturated carbocycles. The third-order valence-electron chi connectivity index (χ3n) is 3.71. The molecule has 0 heterocycles. The summed E-state index contributed by atoms with van der Waals surface area (Å²) in [6.45, 7) is 2.36. The van der Waals surface area contributed by atoms with Gasteiger partial charge in [0.1, 0.15) is 5.82 Å². The van der Waals surface area contributed by atoms with E-state index in [1.807, 2.05) is 4.90 Å². The predicted octanol–water partition coefficient (Wildman–Crippen LogP) is 3.76. The number of aryl methyl sites for hydroxylation is 1. The largest absolute Gasteiger partial charge is 0.336 e. The van der Waals surface area contributed by atoms with Gasteiger partial charge in [0.25, 0.3) is 5.91 Å². The number of amides is 1. The van der Waals surface area contributed by atoms with Crippen molar-refractivity contribution < 1.29 is 9.18 Å². The highest BCUT2D eigenvalue weighted by Crippen LogP contribution is 2.26. The second-order valence-corrected chi connectivity index (χ2v) is 5.47. The Morgan fingerprint density at radius 2 is 2.21 bits per heavy atom. The van der Waals surface area contributed by atoms with Crippen molar-refractivity contribution >= 4 is 17.5 Å². The Balaban J connectivity index is 2.15. The van der Waals surface area contributed by atoms with Gasteiger partial charge in [-0.3, -0.25) is 4.79 Å². The van der Waals surface area contributed by atoms with Gasteiger partial charge in [0.15, 0.2) is 0 Å². The zero-order chi connectivity index (χ0) is 13.8. The first-order valence-corrected chi connectivity index (χ1v) is 7.30. The Kier molecular flexibility index (Phi) is 4.81. The lowest BCUT2D eigenvalue weighted by Gasteiger charge is -2.37. The molecule has 0 saturated heterocycles. The van der Waals surface area contributed by atoms with Crippen LogP contribution < -0.4 is 0 Å². The van der Waals surface area contributed by atoms with Gasteiger partial charge < -0.3 is 4.90 Å². The topological polar surface area (TPSA) is 20.3 Å². The molecule has 1 fully saturated rings. The molecule has 4 heteroatoms. The van der Waals surface area contributed by atoms with Crippen molar-refractivity contribution in [1.29, 1.82) is 0 Å². The minimum absolute atomic E-state index is 0.00193. The molecular weight excluding hydrogens is 265 g/mol. The highest BCUT2D eigenvalue weighted by molar-refractivity contribution is 6.17. The highest BCUT2D eigenvalue weighted by atomic mass is 35.5. The van der Waals surface area contributed by atoms with Crippen LogP contribution in [0.3, 0.4) is 0 Å². The van der Waals surface area contributed by atoms with E-state index in [0.29, 0.717) is 29.6 Å². The minimum atomic E-state index is -0.271. The number of alkyl halides is 1. The third-order valence-corrected chi connectivity index (χ3v) is 3.98. The summed E-state index contributed by atoms with van der Waals surface area (Å²) in [6, 6.07) is 4.89. The van der Waals surface area contributed by atoms with Crippen molar-refractivity contribution in [3.8, 4) is 0 Å². The smallest absolute Gasteiger partial charge is 0.254 e. The molecule has 0 radical (unpaired) electrons. The molecule has 1 amide bonds. The lowest BCUT2D eigenvalue weighted by Crippen LogP contribution is -2.44. The zero-order valence-corrected chi connectivity index (χ0v) is 11.9. The molecule has 2 rings (SSSR count). The van der Waals surface area contributed by atoms with Gasteiger partial charge in [-0.2, -0.15) is 0 Å². The maximum absolute atomic E-state index is 13.3. The average molecular weight is 284 g/mol. The Hall–Kier alpha value is -1.09. The van der Waals surface area contributed by atoms with Crippen LogP contribution >= 0.6 is 11.6 Å². The summed E-state index contributed by atoms with van der Waals surface area (Å²) in [7, 11) is 0. The van der Waals surface area contributed by atoms with Crippen molar-refractivity contribution in [2.45, 2.75) is 38.6 Å². The van der Waals surface area contributed by atoms with E-state index in [0.717, 1.165) is 19.3 Å². The molecule has 0 bridgehead atoms. The van der Waals surface area contributed by atoms with Crippen molar-refractivity contribution in [2.75, 3.05) is 12.4 Å². The SMILES string of the molecule is Cc1cc(C(=O)N(CCCCl)C2CCC2)ccc1F. The maximum Gasteiger partial charge on any atom is 0.254 e. The number of carbonyl (C=O) groups is 1. The lowest BCUT2D eigenvalue weighted by atomic mass is 9.90. The first kappa shape index (κ1) is 14.3. The van der Waals surface area contributed by atoms with E-state index in [1.165, 1.54) is 12.5 Å². The van der Waals surface area contributed by atoms with E-state index in [1.54, 1.807) is 19.1 Å². The van der Waals surface area contributed by atoms with Crippen molar-refractivity contribution in [2.24, 2.45) is 0 Å². The lowest BCUT2D eigenvalue weighted by molar-refractivity contribution is 0.0580. The number of nitrogens with zero attached hydrogens (tertiary/aromatic N) is 1.